The Kier molecular flexibility index (Phi) is 8.47. The highest BCUT2D eigenvalue weighted by Crippen LogP contribution is 2.37. The molecule has 0 aliphatic rings. The number of para-hydroxylation sites is 4. The Balaban J connectivity index is 1.31. The predicted octanol–water partition coefficient (Wildman–Crippen LogP) is 9.40. The summed E-state index contributed by atoms with van der Waals surface area (Å²) in [5, 5.41) is 5.26. The van der Waals surface area contributed by atoms with Crippen molar-refractivity contribution < 1.29 is 0 Å². The van der Waals surface area contributed by atoms with Crippen LogP contribution in [-0.2, 0) is 0 Å². The minimum absolute atomic E-state index is 0.364. The first-order valence-corrected chi connectivity index (χ1v) is 19.4. The summed E-state index contributed by atoms with van der Waals surface area (Å²) in [5.74, 6) is 1.71. The van der Waals surface area contributed by atoms with Gasteiger partial charge in [-0.2, -0.15) is 0 Å². The second-order valence-corrected chi connectivity index (χ2v) is 16.7. The summed E-state index contributed by atoms with van der Waals surface area (Å²) in [6, 6.07) is 57.3. The predicted molar refractivity (Wildman–Crippen MR) is 214 cm³/mol. The summed E-state index contributed by atoms with van der Waals surface area (Å²) >= 11 is 0. The first kappa shape index (κ1) is 31.7. The SMILES string of the molecule is CC(C)c1cccc(C(C)C)c1-n1c(-c2cccc([SiH](c3ccccc3)c3cccc(-c4ccc5ccccc5n4)c3)c2)nc2ccccc21. The molecular formula is C46H41N3Si. The van der Waals surface area contributed by atoms with Crippen LogP contribution in [0, 0.1) is 0 Å². The molecule has 0 aliphatic carbocycles. The van der Waals surface area contributed by atoms with Gasteiger partial charge in [-0.3, -0.25) is 4.57 Å². The first-order valence-electron chi connectivity index (χ1n) is 17.7. The number of rotatable bonds is 8. The molecule has 8 rings (SSSR count). The van der Waals surface area contributed by atoms with Crippen LogP contribution < -0.4 is 15.6 Å². The summed E-state index contributed by atoms with van der Waals surface area (Å²) in [6.45, 7) is 9.17. The zero-order chi connectivity index (χ0) is 34.2. The monoisotopic (exact) mass is 663 g/mol. The van der Waals surface area contributed by atoms with Gasteiger partial charge in [0.05, 0.1) is 27.9 Å². The molecule has 2 heterocycles. The van der Waals surface area contributed by atoms with Gasteiger partial charge in [-0.1, -0.05) is 177 Å². The topological polar surface area (TPSA) is 30.7 Å². The van der Waals surface area contributed by atoms with Crippen LogP contribution in [0.1, 0.15) is 50.7 Å². The van der Waals surface area contributed by atoms with Gasteiger partial charge in [0.15, 0.2) is 0 Å². The number of benzene rings is 6. The highest BCUT2D eigenvalue weighted by Gasteiger charge is 2.24. The number of hydrogen-bond donors (Lipinski definition) is 0. The molecule has 50 heavy (non-hydrogen) atoms. The maximum Gasteiger partial charge on any atom is 0.145 e. The Morgan fingerprint density at radius 2 is 1.06 bits per heavy atom. The van der Waals surface area contributed by atoms with Crippen LogP contribution in [0.15, 0.2) is 158 Å². The average molecular weight is 664 g/mol. The lowest BCUT2D eigenvalue weighted by atomic mass is 9.92. The van der Waals surface area contributed by atoms with E-state index in [1.54, 1.807) is 0 Å². The third-order valence-electron chi connectivity index (χ3n) is 9.85. The Labute approximate surface area is 296 Å². The Bertz CT molecular complexity index is 2430. The molecule has 8 aromatic rings. The van der Waals surface area contributed by atoms with Crippen molar-refractivity contribution in [3.05, 3.63) is 169 Å². The van der Waals surface area contributed by atoms with Crippen LogP contribution >= 0.6 is 0 Å². The van der Waals surface area contributed by atoms with Crippen LogP contribution in [0.5, 0.6) is 0 Å². The van der Waals surface area contributed by atoms with Crippen LogP contribution in [0.4, 0.5) is 0 Å². The van der Waals surface area contributed by atoms with E-state index < -0.39 is 8.80 Å². The van der Waals surface area contributed by atoms with Gasteiger partial charge in [-0.15, -0.1) is 0 Å². The number of aromatic nitrogens is 3. The lowest BCUT2D eigenvalue weighted by Crippen LogP contribution is -2.52. The molecule has 0 N–H and O–H groups in total. The second-order valence-electron chi connectivity index (χ2n) is 13.8. The van der Waals surface area contributed by atoms with Crippen molar-refractivity contribution in [1.82, 2.24) is 14.5 Å². The Morgan fingerprint density at radius 1 is 0.480 bits per heavy atom. The summed E-state index contributed by atoms with van der Waals surface area (Å²) in [4.78, 5) is 10.4. The molecule has 2 aromatic heterocycles. The van der Waals surface area contributed by atoms with Crippen molar-refractivity contribution in [3.63, 3.8) is 0 Å². The lowest BCUT2D eigenvalue weighted by molar-refractivity contribution is 0.811. The average Bonchev–Trinajstić information content (AvgIpc) is 3.54. The minimum atomic E-state index is -1.90. The molecule has 0 aliphatic heterocycles. The number of hydrogen-bond acceptors (Lipinski definition) is 2. The molecule has 244 valence electrons. The van der Waals surface area contributed by atoms with Gasteiger partial charge in [0.2, 0.25) is 0 Å². The number of fused-ring (bicyclic) bond motifs is 2. The molecule has 6 aromatic carbocycles. The molecule has 3 nitrogen and oxygen atoms in total. The molecule has 0 spiro atoms. The van der Waals surface area contributed by atoms with Crippen molar-refractivity contribution in [2.24, 2.45) is 0 Å². The van der Waals surface area contributed by atoms with Gasteiger partial charge < -0.3 is 0 Å². The van der Waals surface area contributed by atoms with Crippen molar-refractivity contribution in [2.75, 3.05) is 0 Å². The van der Waals surface area contributed by atoms with E-state index in [0.29, 0.717) is 11.8 Å². The highest BCUT2D eigenvalue weighted by atomic mass is 28.3. The van der Waals surface area contributed by atoms with E-state index in [2.05, 4.69) is 190 Å². The van der Waals surface area contributed by atoms with Gasteiger partial charge in [0, 0.05) is 16.5 Å². The zero-order valence-corrected chi connectivity index (χ0v) is 30.2. The van der Waals surface area contributed by atoms with E-state index in [1.807, 2.05) is 0 Å². The van der Waals surface area contributed by atoms with Gasteiger partial charge >= 0.3 is 0 Å². The maximum atomic E-state index is 5.35. The van der Waals surface area contributed by atoms with Crippen molar-refractivity contribution in [1.29, 1.82) is 0 Å². The largest absolute Gasteiger partial charge is 0.292 e. The van der Waals surface area contributed by atoms with Crippen molar-refractivity contribution in [3.8, 4) is 28.3 Å². The van der Waals surface area contributed by atoms with Crippen molar-refractivity contribution in [2.45, 2.75) is 39.5 Å². The third-order valence-corrected chi connectivity index (χ3v) is 13.0. The van der Waals surface area contributed by atoms with Gasteiger partial charge in [-0.05, 0) is 47.2 Å². The second kappa shape index (κ2) is 13.4. The number of pyridine rings is 1. The molecule has 1 unspecified atom stereocenters. The van der Waals surface area contributed by atoms with Crippen LogP contribution in [-0.4, -0.2) is 23.3 Å². The van der Waals surface area contributed by atoms with E-state index in [-0.39, 0.29) is 0 Å². The summed E-state index contributed by atoms with van der Waals surface area (Å²) in [7, 11) is -1.90. The summed E-state index contributed by atoms with van der Waals surface area (Å²) < 4.78 is 2.43. The smallest absolute Gasteiger partial charge is 0.145 e. The molecule has 4 heteroatoms. The molecule has 1 atom stereocenters. The minimum Gasteiger partial charge on any atom is -0.292 e. The van der Waals surface area contributed by atoms with E-state index in [4.69, 9.17) is 9.97 Å². The molecule has 0 saturated carbocycles. The molecular weight excluding hydrogens is 623 g/mol. The Hall–Kier alpha value is -5.58. The number of nitrogens with zero attached hydrogens (tertiary/aromatic N) is 3. The zero-order valence-electron chi connectivity index (χ0n) is 29.1. The van der Waals surface area contributed by atoms with Crippen LogP contribution in [0.25, 0.3) is 50.3 Å². The molecule has 0 bridgehead atoms. The Morgan fingerprint density at radius 3 is 1.78 bits per heavy atom. The lowest BCUT2D eigenvalue weighted by Gasteiger charge is -2.23. The molecule has 0 fully saturated rings. The van der Waals surface area contributed by atoms with Crippen LogP contribution in [0.3, 0.4) is 0 Å². The molecule has 0 saturated heterocycles. The summed E-state index contributed by atoms with van der Waals surface area (Å²) in [6.07, 6.45) is 0. The highest BCUT2D eigenvalue weighted by molar-refractivity contribution is 6.95. The van der Waals surface area contributed by atoms with Gasteiger partial charge in [-0.25, -0.2) is 9.97 Å². The summed E-state index contributed by atoms with van der Waals surface area (Å²) in [5.41, 5.74) is 10.4. The van der Waals surface area contributed by atoms with Crippen molar-refractivity contribution >= 4 is 46.3 Å². The quantitative estimate of drug-likeness (QED) is 0.120. The third kappa shape index (κ3) is 5.86. The van der Waals surface area contributed by atoms with E-state index >= 15 is 0 Å². The maximum absolute atomic E-state index is 5.35. The number of imidazole rings is 1. The van der Waals surface area contributed by atoms with Gasteiger partial charge in [0.25, 0.3) is 0 Å². The van der Waals surface area contributed by atoms with Gasteiger partial charge in [0.1, 0.15) is 14.6 Å². The van der Waals surface area contributed by atoms with E-state index in [0.717, 1.165) is 44.6 Å². The fourth-order valence-electron chi connectivity index (χ4n) is 7.40. The fraction of sp³-hybridized carbons (Fsp3) is 0.130. The van der Waals surface area contributed by atoms with E-state index in [1.165, 1.54) is 32.4 Å². The fourth-order valence-corrected chi connectivity index (χ4v) is 10.5. The first-order chi connectivity index (χ1) is 24.5. The normalized spacial score (nSPS) is 12.3. The standard InChI is InChI=1S/C46H41N3Si/c1-31(2)39-22-14-23-40(32(3)4)45(39)49-44-26-11-10-25-43(44)48-46(49)35-17-13-21-38(30-35)50(36-18-6-5-7-19-36)37-20-12-16-34(29-37)42-28-27-33-15-8-9-24-41(33)47-42/h5-32,50H,1-4H3. The van der Waals surface area contributed by atoms with E-state index in [9.17, 15) is 0 Å². The van der Waals surface area contributed by atoms with Crippen LogP contribution in [0.2, 0.25) is 0 Å². The molecule has 0 amide bonds. The molecule has 0 radical (unpaired) electrons.